The maximum Gasteiger partial charge on any atom is 0.135 e. The summed E-state index contributed by atoms with van der Waals surface area (Å²) in [7, 11) is 0. The molecular formula is C28H28F3N3O2. The monoisotopic (exact) mass is 495 g/mol. The number of aliphatic hydroxyl groups is 1. The zero-order valence-electron chi connectivity index (χ0n) is 20.2. The lowest BCUT2D eigenvalue weighted by Gasteiger charge is -2.38. The van der Waals surface area contributed by atoms with E-state index in [1.807, 2.05) is 24.3 Å². The molecule has 2 aromatic heterocycles. The van der Waals surface area contributed by atoms with Crippen molar-refractivity contribution in [3.05, 3.63) is 94.4 Å². The van der Waals surface area contributed by atoms with Gasteiger partial charge in [-0.25, -0.2) is 13.2 Å². The Kier molecular flexibility index (Phi) is 6.49. The van der Waals surface area contributed by atoms with Gasteiger partial charge in [0.2, 0.25) is 0 Å². The van der Waals surface area contributed by atoms with Crippen molar-refractivity contribution in [2.75, 3.05) is 13.1 Å². The third kappa shape index (κ3) is 4.70. The fraction of sp³-hybridized carbons (Fsp3) is 0.321. The molecule has 36 heavy (non-hydrogen) atoms. The number of para-hydroxylation sites is 1. The Morgan fingerprint density at radius 1 is 1.14 bits per heavy atom. The molecule has 1 aliphatic heterocycles. The first-order valence-corrected chi connectivity index (χ1v) is 11.9. The number of pyridine rings is 1. The van der Waals surface area contributed by atoms with Gasteiger partial charge in [-0.05, 0) is 38.0 Å². The molecule has 2 aromatic carbocycles. The van der Waals surface area contributed by atoms with E-state index in [1.54, 1.807) is 23.2 Å². The summed E-state index contributed by atoms with van der Waals surface area (Å²) in [5, 5.41) is 10.5. The SMILES string of the molecule is CC(C)(F)CN1CCc2c([nH]c3ccccc23)C1c1c(F)cc(OCc2ncccc2CO)cc1F. The smallest absolute Gasteiger partial charge is 0.135 e. The summed E-state index contributed by atoms with van der Waals surface area (Å²) < 4.78 is 51.6. The van der Waals surface area contributed by atoms with Crippen LogP contribution in [0.2, 0.25) is 0 Å². The number of hydrogen-bond acceptors (Lipinski definition) is 4. The highest BCUT2D eigenvalue weighted by atomic mass is 19.1. The summed E-state index contributed by atoms with van der Waals surface area (Å²) >= 11 is 0. The first-order valence-electron chi connectivity index (χ1n) is 11.9. The van der Waals surface area contributed by atoms with Gasteiger partial charge in [0.05, 0.1) is 18.3 Å². The number of ether oxygens (including phenoxy) is 1. The Morgan fingerprint density at radius 3 is 2.61 bits per heavy atom. The van der Waals surface area contributed by atoms with Crippen LogP contribution in [0.4, 0.5) is 13.2 Å². The number of fused-ring (bicyclic) bond motifs is 3. The van der Waals surface area contributed by atoms with Crippen LogP contribution in [0.3, 0.4) is 0 Å². The summed E-state index contributed by atoms with van der Waals surface area (Å²) in [5.41, 5.74) is 1.92. The van der Waals surface area contributed by atoms with Crippen molar-refractivity contribution < 1.29 is 23.0 Å². The van der Waals surface area contributed by atoms with Gasteiger partial charge >= 0.3 is 0 Å². The Morgan fingerprint density at radius 2 is 1.89 bits per heavy atom. The molecule has 8 heteroatoms. The molecule has 1 unspecified atom stereocenters. The quantitative estimate of drug-likeness (QED) is 0.350. The van der Waals surface area contributed by atoms with E-state index in [0.717, 1.165) is 28.6 Å². The van der Waals surface area contributed by atoms with Gasteiger partial charge in [-0.15, -0.1) is 0 Å². The molecule has 0 saturated carbocycles. The van der Waals surface area contributed by atoms with Crippen LogP contribution in [-0.4, -0.2) is 38.7 Å². The molecule has 0 saturated heterocycles. The highest BCUT2D eigenvalue weighted by Crippen LogP contribution is 2.41. The topological polar surface area (TPSA) is 61.4 Å². The van der Waals surface area contributed by atoms with E-state index in [1.165, 1.54) is 13.8 Å². The van der Waals surface area contributed by atoms with E-state index >= 15 is 8.78 Å². The van der Waals surface area contributed by atoms with Crippen molar-refractivity contribution in [2.45, 2.75) is 45.2 Å². The molecule has 0 radical (unpaired) electrons. The number of halogens is 3. The van der Waals surface area contributed by atoms with E-state index in [4.69, 9.17) is 4.74 Å². The number of hydrogen-bond donors (Lipinski definition) is 2. The Hall–Kier alpha value is -3.36. The zero-order chi connectivity index (χ0) is 25.4. The minimum absolute atomic E-state index is 0.00773. The van der Waals surface area contributed by atoms with Crippen LogP contribution in [0.5, 0.6) is 5.75 Å². The molecule has 3 heterocycles. The van der Waals surface area contributed by atoms with Crippen molar-refractivity contribution in [2.24, 2.45) is 0 Å². The lowest BCUT2D eigenvalue weighted by molar-refractivity contribution is 0.0962. The fourth-order valence-corrected chi connectivity index (χ4v) is 5.07. The standard InChI is InChI=1S/C28H28F3N3O2/c1-28(2,31)16-34-11-9-20-19-7-3-4-8-23(19)33-26(20)27(34)25-21(29)12-18(13-22(25)30)36-15-24-17(14-35)6-5-10-32-24/h3-8,10,12-13,27,33,35H,9,11,14-16H2,1-2H3. The summed E-state index contributed by atoms with van der Waals surface area (Å²) in [6.07, 6.45) is 2.21. The number of nitrogens with one attached hydrogen (secondary N) is 1. The van der Waals surface area contributed by atoms with Gasteiger partial charge < -0.3 is 14.8 Å². The normalized spacial score (nSPS) is 16.3. The second kappa shape index (κ2) is 9.59. The van der Waals surface area contributed by atoms with E-state index in [-0.39, 0.29) is 31.1 Å². The summed E-state index contributed by atoms with van der Waals surface area (Å²) in [5.74, 6) is -1.54. The van der Waals surface area contributed by atoms with Gasteiger partial charge in [-0.2, -0.15) is 0 Å². The van der Waals surface area contributed by atoms with Crippen molar-refractivity contribution in [1.29, 1.82) is 0 Å². The minimum Gasteiger partial charge on any atom is -0.487 e. The number of aliphatic hydroxyl groups excluding tert-OH is 1. The summed E-state index contributed by atoms with van der Waals surface area (Å²) in [6.45, 7) is 3.15. The molecule has 4 aromatic rings. The third-order valence-electron chi connectivity index (χ3n) is 6.57. The average molecular weight is 496 g/mol. The first kappa shape index (κ1) is 24.3. The highest BCUT2D eigenvalue weighted by molar-refractivity contribution is 5.85. The molecule has 0 fully saturated rings. The second-order valence-corrected chi connectivity index (χ2v) is 9.76. The van der Waals surface area contributed by atoms with Gasteiger partial charge in [-0.3, -0.25) is 9.88 Å². The van der Waals surface area contributed by atoms with Crippen LogP contribution >= 0.6 is 0 Å². The molecule has 5 rings (SSSR count). The molecule has 1 atom stereocenters. The summed E-state index contributed by atoms with van der Waals surface area (Å²) in [4.78, 5) is 9.31. The van der Waals surface area contributed by atoms with Crippen LogP contribution in [0.25, 0.3) is 10.9 Å². The molecule has 0 aliphatic carbocycles. The molecule has 1 aliphatic rings. The molecule has 0 bridgehead atoms. The number of H-pyrrole nitrogens is 1. The van der Waals surface area contributed by atoms with Gasteiger partial charge in [0, 0.05) is 59.1 Å². The van der Waals surface area contributed by atoms with Crippen LogP contribution in [0.1, 0.15) is 48.0 Å². The van der Waals surface area contributed by atoms with Gasteiger partial charge in [0.15, 0.2) is 0 Å². The fourth-order valence-electron chi connectivity index (χ4n) is 5.07. The Bertz CT molecular complexity index is 1370. The number of benzene rings is 2. The second-order valence-electron chi connectivity index (χ2n) is 9.76. The van der Waals surface area contributed by atoms with E-state index in [9.17, 15) is 9.50 Å². The van der Waals surface area contributed by atoms with Gasteiger partial charge in [-0.1, -0.05) is 24.3 Å². The lowest BCUT2D eigenvalue weighted by atomic mass is 9.90. The van der Waals surface area contributed by atoms with Crippen molar-refractivity contribution in [3.63, 3.8) is 0 Å². The Balaban J connectivity index is 1.53. The molecule has 0 spiro atoms. The van der Waals surface area contributed by atoms with Crippen LogP contribution in [0.15, 0.2) is 54.7 Å². The zero-order valence-corrected chi connectivity index (χ0v) is 20.2. The van der Waals surface area contributed by atoms with Crippen LogP contribution in [0, 0.1) is 11.6 Å². The number of aromatic nitrogens is 2. The highest BCUT2D eigenvalue weighted by Gasteiger charge is 2.37. The number of aromatic amines is 1. The number of nitrogens with zero attached hydrogens (tertiary/aromatic N) is 2. The molecular weight excluding hydrogens is 467 g/mol. The van der Waals surface area contributed by atoms with Crippen LogP contribution in [-0.2, 0) is 19.6 Å². The summed E-state index contributed by atoms with van der Waals surface area (Å²) in [6, 6.07) is 12.6. The van der Waals surface area contributed by atoms with Crippen molar-refractivity contribution >= 4 is 10.9 Å². The third-order valence-corrected chi connectivity index (χ3v) is 6.57. The van der Waals surface area contributed by atoms with Crippen molar-refractivity contribution in [3.8, 4) is 5.75 Å². The predicted molar refractivity (Wildman–Crippen MR) is 131 cm³/mol. The predicted octanol–water partition coefficient (Wildman–Crippen LogP) is 5.61. The lowest BCUT2D eigenvalue weighted by Crippen LogP contribution is -2.43. The maximum absolute atomic E-state index is 15.6. The molecule has 0 amide bonds. The number of rotatable bonds is 7. The molecule has 188 valence electrons. The average Bonchev–Trinajstić information content (AvgIpc) is 3.21. The molecule has 2 N–H and O–H groups in total. The van der Waals surface area contributed by atoms with E-state index in [0.29, 0.717) is 29.9 Å². The number of alkyl halides is 1. The minimum atomic E-state index is -1.55. The first-order chi connectivity index (χ1) is 17.2. The van der Waals surface area contributed by atoms with Gasteiger partial charge in [0.25, 0.3) is 0 Å². The van der Waals surface area contributed by atoms with Crippen LogP contribution < -0.4 is 4.74 Å². The van der Waals surface area contributed by atoms with E-state index in [2.05, 4.69) is 9.97 Å². The Labute approximate surface area is 207 Å². The largest absolute Gasteiger partial charge is 0.487 e. The maximum atomic E-state index is 15.6. The van der Waals surface area contributed by atoms with Crippen molar-refractivity contribution in [1.82, 2.24) is 14.9 Å². The molecule has 5 nitrogen and oxygen atoms in total. The van der Waals surface area contributed by atoms with Gasteiger partial charge in [0.1, 0.15) is 29.7 Å². The van der Waals surface area contributed by atoms with E-state index < -0.39 is 23.3 Å².